The zero-order valence-electron chi connectivity index (χ0n) is 8.36. The summed E-state index contributed by atoms with van der Waals surface area (Å²) in [5.41, 5.74) is 6.02. The molecule has 3 unspecified atom stereocenters. The molecule has 0 aromatic carbocycles. The van der Waals surface area contributed by atoms with Crippen molar-refractivity contribution in [3.8, 4) is 0 Å². The highest BCUT2D eigenvalue weighted by Gasteiger charge is 2.46. The summed E-state index contributed by atoms with van der Waals surface area (Å²) in [6.45, 7) is 4.82. The summed E-state index contributed by atoms with van der Waals surface area (Å²) in [7, 11) is 0. The van der Waals surface area contributed by atoms with Crippen LogP contribution in [0.3, 0.4) is 0 Å². The quantitative estimate of drug-likeness (QED) is 0.645. The van der Waals surface area contributed by atoms with E-state index in [0.29, 0.717) is 12.0 Å². The lowest BCUT2D eigenvalue weighted by molar-refractivity contribution is -0.136. The third-order valence-electron chi connectivity index (χ3n) is 3.43. The number of rotatable bonds is 1. The monoisotopic (exact) mass is 182 g/mol. The van der Waals surface area contributed by atoms with Crippen LogP contribution in [0.25, 0.3) is 0 Å². The van der Waals surface area contributed by atoms with Gasteiger partial charge in [-0.15, -0.1) is 0 Å². The van der Waals surface area contributed by atoms with Gasteiger partial charge < -0.3 is 10.6 Å². The van der Waals surface area contributed by atoms with Crippen molar-refractivity contribution < 1.29 is 4.79 Å². The van der Waals surface area contributed by atoms with Crippen LogP contribution in [-0.2, 0) is 4.79 Å². The van der Waals surface area contributed by atoms with Crippen LogP contribution in [-0.4, -0.2) is 29.4 Å². The third kappa shape index (κ3) is 1.26. The first kappa shape index (κ1) is 9.00. The predicted octanol–water partition coefficient (Wildman–Crippen LogP) is 0.591. The molecule has 0 spiro atoms. The Morgan fingerprint density at radius 1 is 1.46 bits per heavy atom. The molecule has 3 atom stereocenters. The summed E-state index contributed by atoms with van der Waals surface area (Å²) in [6, 6.07) is 0.600. The zero-order chi connectivity index (χ0) is 9.59. The highest BCUT2D eigenvalue weighted by Crippen LogP contribution is 2.37. The molecule has 2 aliphatic rings. The van der Waals surface area contributed by atoms with Gasteiger partial charge in [0.25, 0.3) is 0 Å². The Kier molecular flexibility index (Phi) is 2.06. The largest absolute Gasteiger partial charge is 0.338 e. The summed E-state index contributed by atoms with van der Waals surface area (Å²) < 4.78 is 0. The topological polar surface area (TPSA) is 46.3 Å². The van der Waals surface area contributed by atoms with E-state index < -0.39 is 0 Å². The Morgan fingerprint density at radius 3 is 2.54 bits per heavy atom. The fourth-order valence-electron chi connectivity index (χ4n) is 2.63. The molecule has 1 aliphatic carbocycles. The molecule has 0 radical (unpaired) electrons. The summed E-state index contributed by atoms with van der Waals surface area (Å²) >= 11 is 0. The van der Waals surface area contributed by atoms with Crippen LogP contribution in [0.2, 0.25) is 0 Å². The van der Waals surface area contributed by atoms with Crippen LogP contribution in [0.1, 0.15) is 26.7 Å². The van der Waals surface area contributed by atoms with Crippen molar-refractivity contribution >= 4 is 5.91 Å². The molecule has 3 nitrogen and oxygen atoms in total. The van der Waals surface area contributed by atoms with Crippen molar-refractivity contribution in [3.63, 3.8) is 0 Å². The molecule has 1 saturated carbocycles. The predicted molar refractivity (Wildman–Crippen MR) is 51.0 cm³/mol. The van der Waals surface area contributed by atoms with E-state index in [1.807, 2.05) is 18.7 Å². The molecule has 2 fully saturated rings. The summed E-state index contributed by atoms with van der Waals surface area (Å²) in [5.74, 6) is 0.974. The molecule has 1 saturated heterocycles. The summed E-state index contributed by atoms with van der Waals surface area (Å²) in [4.78, 5) is 13.8. The van der Waals surface area contributed by atoms with Crippen molar-refractivity contribution in [1.29, 1.82) is 0 Å². The van der Waals surface area contributed by atoms with Crippen molar-refractivity contribution in [2.75, 3.05) is 6.54 Å². The van der Waals surface area contributed by atoms with Gasteiger partial charge in [-0.2, -0.15) is 0 Å². The van der Waals surface area contributed by atoms with Crippen molar-refractivity contribution in [2.24, 2.45) is 17.6 Å². The lowest BCUT2D eigenvalue weighted by atomic mass is 10.1. The van der Waals surface area contributed by atoms with Gasteiger partial charge in [0.1, 0.15) is 0 Å². The average molecular weight is 182 g/mol. The van der Waals surface area contributed by atoms with E-state index in [1.54, 1.807) is 0 Å². The molecule has 2 N–H and O–H groups in total. The van der Waals surface area contributed by atoms with Gasteiger partial charge in [-0.1, -0.05) is 13.8 Å². The Hall–Kier alpha value is -0.570. The Labute approximate surface area is 79.3 Å². The van der Waals surface area contributed by atoms with Crippen LogP contribution in [0.5, 0.6) is 0 Å². The number of nitrogens with zero attached hydrogens (tertiary/aromatic N) is 1. The van der Waals surface area contributed by atoms with Gasteiger partial charge in [0, 0.05) is 24.5 Å². The van der Waals surface area contributed by atoms with Gasteiger partial charge in [-0.05, 0) is 18.8 Å². The minimum absolute atomic E-state index is 0.117. The van der Waals surface area contributed by atoms with Crippen molar-refractivity contribution in [3.05, 3.63) is 0 Å². The van der Waals surface area contributed by atoms with E-state index in [-0.39, 0.29) is 17.9 Å². The summed E-state index contributed by atoms with van der Waals surface area (Å²) in [5, 5.41) is 0. The van der Waals surface area contributed by atoms with Crippen LogP contribution in [0.4, 0.5) is 0 Å². The average Bonchev–Trinajstić information content (AvgIpc) is 2.60. The van der Waals surface area contributed by atoms with Gasteiger partial charge >= 0.3 is 0 Å². The number of hydrogen-bond acceptors (Lipinski definition) is 2. The van der Waals surface area contributed by atoms with Gasteiger partial charge in [-0.3, -0.25) is 4.79 Å². The van der Waals surface area contributed by atoms with Crippen LogP contribution < -0.4 is 5.73 Å². The van der Waals surface area contributed by atoms with Gasteiger partial charge in [0.05, 0.1) is 0 Å². The minimum Gasteiger partial charge on any atom is -0.338 e. The number of fused-ring (bicyclic) bond motifs is 2. The fourth-order valence-corrected chi connectivity index (χ4v) is 2.63. The Bertz CT molecular complexity index is 227. The SMILES string of the molecule is CC(C)C(=O)N1CC2CCC1C2N. The van der Waals surface area contributed by atoms with Gasteiger partial charge in [-0.25, -0.2) is 0 Å². The maximum Gasteiger partial charge on any atom is 0.225 e. The van der Waals surface area contributed by atoms with Gasteiger partial charge in [0.15, 0.2) is 0 Å². The first-order valence-electron chi connectivity index (χ1n) is 5.17. The second-order valence-electron chi connectivity index (χ2n) is 4.63. The highest BCUT2D eigenvalue weighted by molar-refractivity contribution is 5.79. The second kappa shape index (κ2) is 2.98. The standard InChI is InChI=1S/C10H18N2O/c1-6(2)10(13)12-5-7-3-4-8(12)9(7)11/h6-9H,3-5,11H2,1-2H3. The maximum atomic E-state index is 11.8. The number of piperidine rings is 1. The van der Waals surface area contributed by atoms with E-state index >= 15 is 0 Å². The fraction of sp³-hybridized carbons (Fsp3) is 0.900. The van der Waals surface area contributed by atoms with Crippen LogP contribution in [0.15, 0.2) is 0 Å². The van der Waals surface area contributed by atoms with Crippen molar-refractivity contribution in [2.45, 2.75) is 38.8 Å². The van der Waals surface area contributed by atoms with Crippen LogP contribution in [0, 0.1) is 11.8 Å². The minimum atomic E-state index is 0.117. The number of nitrogens with two attached hydrogens (primary N) is 1. The van der Waals surface area contributed by atoms with Gasteiger partial charge in [0.2, 0.25) is 5.91 Å². The molecular weight excluding hydrogens is 164 g/mol. The molecule has 74 valence electrons. The van der Waals surface area contributed by atoms with E-state index in [9.17, 15) is 4.79 Å². The first-order valence-corrected chi connectivity index (χ1v) is 5.17. The first-order chi connectivity index (χ1) is 6.11. The van der Waals surface area contributed by atoms with E-state index in [0.717, 1.165) is 13.0 Å². The highest BCUT2D eigenvalue weighted by atomic mass is 16.2. The third-order valence-corrected chi connectivity index (χ3v) is 3.43. The maximum absolute atomic E-state index is 11.8. The van der Waals surface area contributed by atoms with Crippen molar-refractivity contribution in [1.82, 2.24) is 4.90 Å². The van der Waals surface area contributed by atoms with E-state index in [1.165, 1.54) is 6.42 Å². The normalized spacial score (nSPS) is 37.5. The number of amides is 1. The smallest absolute Gasteiger partial charge is 0.225 e. The number of carbonyl (C=O) groups excluding carboxylic acids is 1. The molecule has 13 heavy (non-hydrogen) atoms. The molecule has 1 aliphatic heterocycles. The molecule has 2 rings (SSSR count). The van der Waals surface area contributed by atoms with E-state index in [4.69, 9.17) is 5.73 Å². The Balaban J connectivity index is 2.08. The molecule has 2 bridgehead atoms. The summed E-state index contributed by atoms with van der Waals surface area (Å²) in [6.07, 6.45) is 2.33. The zero-order valence-corrected chi connectivity index (χ0v) is 8.36. The molecule has 0 aromatic rings. The Morgan fingerprint density at radius 2 is 2.15 bits per heavy atom. The molecule has 1 heterocycles. The van der Waals surface area contributed by atoms with E-state index in [2.05, 4.69) is 0 Å². The number of hydrogen-bond donors (Lipinski definition) is 1. The molecule has 1 amide bonds. The lowest BCUT2D eigenvalue weighted by Crippen LogP contribution is -2.43. The number of carbonyl (C=O) groups is 1. The second-order valence-corrected chi connectivity index (χ2v) is 4.63. The molecular formula is C10H18N2O. The number of likely N-dealkylation sites (tertiary alicyclic amines) is 1. The molecule has 3 heteroatoms. The molecule has 0 aromatic heterocycles. The van der Waals surface area contributed by atoms with Crippen LogP contribution >= 0.6 is 0 Å². The lowest BCUT2D eigenvalue weighted by Gasteiger charge is -2.28.